The van der Waals surface area contributed by atoms with Crippen LogP contribution in [0, 0.1) is 11.8 Å². The number of ether oxygens (including phenoxy) is 2. The predicted octanol–water partition coefficient (Wildman–Crippen LogP) is 0.832. The number of rotatable bonds is 11. The fourth-order valence-corrected chi connectivity index (χ4v) is 1.58. The van der Waals surface area contributed by atoms with Gasteiger partial charge in [0.1, 0.15) is 0 Å². The summed E-state index contributed by atoms with van der Waals surface area (Å²) in [6, 6.07) is 0.124. The molecule has 0 aliphatic rings. The molecule has 0 saturated heterocycles. The van der Waals surface area contributed by atoms with Crippen molar-refractivity contribution < 1.29 is 9.47 Å². The Hall–Kier alpha value is -1.42. The molecule has 0 spiro atoms. The van der Waals surface area contributed by atoms with Crippen LogP contribution in [0.3, 0.4) is 0 Å². The number of hydrogen-bond acceptors (Lipinski definition) is 5. The molecule has 0 aromatic carbocycles. The summed E-state index contributed by atoms with van der Waals surface area (Å²) < 4.78 is 12.7. The molecule has 1 rings (SSSR count). The van der Waals surface area contributed by atoms with Crippen molar-refractivity contribution in [1.82, 2.24) is 15.0 Å². The zero-order chi connectivity index (χ0) is 14.5. The fourth-order valence-electron chi connectivity index (χ4n) is 1.58. The van der Waals surface area contributed by atoms with Gasteiger partial charge in [-0.2, -0.15) is 0 Å². The highest BCUT2D eigenvalue weighted by atomic mass is 16.5. The van der Waals surface area contributed by atoms with Gasteiger partial charge in [0.2, 0.25) is 0 Å². The smallest absolute Gasteiger partial charge is 0.0692 e. The Morgan fingerprint density at radius 2 is 1.95 bits per heavy atom. The lowest BCUT2D eigenvalue weighted by atomic mass is 10.2. The molecule has 6 nitrogen and oxygen atoms in total. The van der Waals surface area contributed by atoms with Gasteiger partial charge in [0, 0.05) is 31.9 Å². The first kappa shape index (κ1) is 16.6. The summed E-state index contributed by atoms with van der Waals surface area (Å²) in [6.45, 7) is 5.21. The molecule has 2 N–H and O–H groups in total. The summed E-state index contributed by atoms with van der Waals surface area (Å²) in [5, 5.41) is 7.58. The van der Waals surface area contributed by atoms with Crippen molar-refractivity contribution in [2.45, 2.75) is 38.8 Å². The van der Waals surface area contributed by atoms with Gasteiger partial charge in [0.15, 0.2) is 0 Å². The summed E-state index contributed by atoms with van der Waals surface area (Å²) >= 11 is 0. The van der Waals surface area contributed by atoms with Crippen molar-refractivity contribution in [2.24, 2.45) is 5.73 Å². The van der Waals surface area contributed by atoms with E-state index in [9.17, 15) is 0 Å². The lowest BCUT2D eigenvalue weighted by molar-refractivity contribution is 0.105. The molecule has 6 heteroatoms. The van der Waals surface area contributed by atoms with E-state index in [1.54, 1.807) is 10.9 Å². The molecule has 1 heterocycles. The van der Waals surface area contributed by atoms with Gasteiger partial charge in [-0.3, -0.25) is 4.68 Å². The average Bonchev–Trinajstić information content (AvgIpc) is 2.95. The Bertz CT molecular complexity index is 384. The second-order valence-electron chi connectivity index (χ2n) is 4.41. The molecule has 1 aromatic heterocycles. The van der Waals surface area contributed by atoms with E-state index in [1.807, 2.05) is 13.1 Å². The van der Waals surface area contributed by atoms with E-state index < -0.39 is 0 Å². The number of hydrogen-bond donors (Lipinski definition) is 1. The maximum atomic E-state index is 5.98. The first-order chi connectivity index (χ1) is 9.83. The van der Waals surface area contributed by atoms with Crippen molar-refractivity contribution >= 4 is 0 Å². The van der Waals surface area contributed by atoms with Crippen molar-refractivity contribution in [3.05, 3.63) is 12.4 Å². The van der Waals surface area contributed by atoms with Crippen molar-refractivity contribution in [3.63, 3.8) is 0 Å². The van der Waals surface area contributed by atoms with E-state index in [4.69, 9.17) is 15.2 Å². The molecule has 1 atom stereocenters. The Balaban J connectivity index is 1.86. The molecule has 20 heavy (non-hydrogen) atoms. The minimum Gasteiger partial charge on any atom is -0.380 e. The van der Waals surface area contributed by atoms with Crippen molar-refractivity contribution in [3.8, 4) is 11.8 Å². The van der Waals surface area contributed by atoms with Gasteiger partial charge in [-0.15, -0.1) is 16.9 Å². The van der Waals surface area contributed by atoms with Crippen LogP contribution < -0.4 is 5.73 Å². The predicted molar refractivity (Wildman–Crippen MR) is 76.9 cm³/mol. The zero-order valence-electron chi connectivity index (χ0n) is 12.1. The Morgan fingerprint density at radius 3 is 2.60 bits per heavy atom. The summed E-state index contributed by atoms with van der Waals surface area (Å²) in [6.07, 6.45) is 5.95. The van der Waals surface area contributed by atoms with E-state index in [0.717, 1.165) is 25.8 Å². The van der Waals surface area contributed by atoms with E-state index in [0.29, 0.717) is 26.4 Å². The molecular formula is C14H24N4O2. The lowest BCUT2D eigenvalue weighted by Gasteiger charge is -2.11. The first-order valence-electron chi connectivity index (χ1n) is 6.97. The summed E-state index contributed by atoms with van der Waals surface area (Å²) in [5.74, 6) is 5.79. The van der Waals surface area contributed by atoms with E-state index >= 15 is 0 Å². The molecule has 1 aromatic rings. The van der Waals surface area contributed by atoms with Gasteiger partial charge in [-0.1, -0.05) is 5.21 Å². The zero-order valence-corrected chi connectivity index (χ0v) is 12.1. The van der Waals surface area contributed by atoms with E-state index in [-0.39, 0.29) is 6.04 Å². The highest BCUT2D eigenvalue weighted by Gasteiger charge is 2.02. The molecule has 0 amide bonds. The maximum absolute atomic E-state index is 5.98. The standard InChI is InChI=1S/C14H24N4O2/c1-2-3-4-10-19-11-5-14(15)6-12-20-13-9-18-8-7-16-17-18/h7-8,14H,4-6,9-13,15H2,1H3. The molecule has 1 unspecified atom stereocenters. The number of aromatic nitrogens is 3. The minimum atomic E-state index is 0.124. The van der Waals surface area contributed by atoms with Crippen LogP contribution in [0.2, 0.25) is 0 Å². The van der Waals surface area contributed by atoms with Gasteiger partial charge in [-0.25, -0.2) is 0 Å². The molecule has 0 aliphatic heterocycles. The third-order valence-corrected chi connectivity index (χ3v) is 2.75. The molecule has 0 fully saturated rings. The third-order valence-electron chi connectivity index (χ3n) is 2.75. The highest BCUT2D eigenvalue weighted by molar-refractivity contribution is 4.94. The Kier molecular flexibility index (Phi) is 9.49. The third kappa shape index (κ3) is 8.64. The fraction of sp³-hybridized carbons (Fsp3) is 0.714. The van der Waals surface area contributed by atoms with Crippen LogP contribution in [-0.4, -0.2) is 47.5 Å². The first-order valence-corrected chi connectivity index (χ1v) is 6.97. The lowest BCUT2D eigenvalue weighted by Crippen LogP contribution is -2.24. The van der Waals surface area contributed by atoms with Crippen LogP contribution in [0.5, 0.6) is 0 Å². The highest BCUT2D eigenvalue weighted by Crippen LogP contribution is 1.97. The topological polar surface area (TPSA) is 75.2 Å². The van der Waals surface area contributed by atoms with Crippen molar-refractivity contribution in [1.29, 1.82) is 0 Å². The Labute approximate surface area is 120 Å². The number of nitrogens with two attached hydrogens (primary N) is 1. The van der Waals surface area contributed by atoms with Gasteiger partial charge in [0.25, 0.3) is 0 Å². The van der Waals surface area contributed by atoms with Gasteiger partial charge in [-0.05, 0) is 19.8 Å². The van der Waals surface area contributed by atoms with Gasteiger partial charge in [0.05, 0.1) is 26.0 Å². The molecule has 0 radical (unpaired) electrons. The Morgan fingerprint density at radius 1 is 1.20 bits per heavy atom. The maximum Gasteiger partial charge on any atom is 0.0692 e. The molecular weight excluding hydrogens is 256 g/mol. The van der Waals surface area contributed by atoms with Crippen molar-refractivity contribution in [2.75, 3.05) is 26.4 Å². The number of nitrogens with zero attached hydrogens (tertiary/aromatic N) is 3. The molecule has 112 valence electrons. The second kappa shape index (κ2) is 11.4. The van der Waals surface area contributed by atoms with Crippen LogP contribution in [0.15, 0.2) is 12.4 Å². The molecule has 0 aliphatic carbocycles. The van der Waals surface area contributed by atoms with E-state index in [1.165, 1.54) is 0 Å². The normalized spacial score (nSPS) is 11.9. The summed E-state index contributed by atoms with van der Waals surface area (Å²) in [4.78, 5) is 0. The van der Waals surface area contributed by atoms with Crippen LogP contribution in [-0.2, 0) is 16.0 Å². The van der Waals surface area contributed by atoms with Crippen LogP contribution in [0.25, 0.3) is 0 Å². The minimum absolute atomic E-state index is 0.124. The molecule has 0 bridgehead atoms. The van der Waals surface area contributed by atoms with Crippen LogP contribution in [0.1, 0.15) is 26.2 Å². The van der Waals surface area contributed by atoms with E-state index in [2.05, 4.69) is 22.2 Å². The van der Waals surface area contributed by atoms with Gasteiger partial charge >= 0.3 is 0 Å². The average molecular weight is 280 g/mol. The second-order valence-corrected chi connectivity index (χ2v) is 4.41. The summed E-state index contributed by atoms with van der Waals surface area (Å²) in [5.41, 5.74) is 5.98. The SMILES string of the molecule is CC#CCCOCCC(N)CCOCCn1ccnn1. The quantitative estimate of drug-likeness (QED) is 0.480. The monoisotopic (exact) mass is 280 g/mol. The summed E-state index contributed by atoms with van der Waals surface area (Å²) in [7, 11) is 0. The molecule has 0 saturated carbocycles. The largest absolute Gasteiger partial charge is 0.380 e. The van der Waals surface area contributed by atoms with Gasteiger partial charge < -0.3 is 15.2 Å². The van der Waals surface area contributed by atoms with Crippen LogP contribution >= 0.6 is 0 Å². The van der Waals surface area contributed by atoms with Crippen LogP contribution in [0.4, 0.5) is 0 Å².